The molecule has 0 saturated carbocycles. The summed E-state index contributed by atoms with van der Waals surface area (Å²) in [7, 11) is 0. The number of fused-ring (bicyclic) bond motifs is 5. The Kier molecular flexibility index (Phi) is 11.3. The van der Waals surface area contributed by atoms with Gasteiger partial charge in [0.2, 0.25) is 5.88 Å². The normalized spacial score (nSPS) is 11.4. The maximum absolute atomic E-state index is 13.0. The minimum atomic E-state index is -0.329. The highest BCUT2D eigenvalue weighted by molar-refractivity contribution is 5.97. The quantitative estimate of drug-likeness (QED) is 0.0518. The third kappa shape index (κ3) is 8.67. The van der Waals surface area contributed by atoms with Crippen LogP contribution in [0.4, 0.5) is 5.69 Å². The van der Waals surface area contributed by atoms with E-state index in [9.17, 15) is 19.8 Å². The van der Waals surface area contributed by atoms with Gasteiger partial charge in [0.1, 0.15) is 40.8 Å². The highest BCUT2D eigenvalue weighted by Crippen LogP contribution is 2.34. The first-order chi connectivity index (χ1) is 30.7. The fourth-order valence-corrected chi connectivity index (χ4v) is 7.71. The lowest BCUT2D eigenvalue weighted by molar-refractivity contribution is -0.123. The Bertz CT molecular complexity index is 3110. The van der Waals surface area contributed by atoms with E-state index in [1.807, 2.05) is 72.8 Å². The van der Waals surface area contributed by atoms with Gasteiger partial charge < -0.3 is 34.3 Å². The number of imidazole rings is 1. The molecule has 13 nitrogen and oxygen atoms in total. The van der Waals surface area contributed by atoms with Gasteiger partial charge in [-0.2, -0.15) is 0 Å². The molecule has 0 radical (unpaired) electrons. The molecular formula is C50H44N6O7. The molecule has 2 aromatic heterocycles. The van der Waals surface area contributed by atoms with Gasteiger partial charge in [0.25, 0.3) is 5.91 Å². The molecule has 2 aliphatic rings. The number of benzene rings is 6. The summed E-state index contributed by atoms with van der Waals surface area (Å²) in [6.45, 7) is 6.14. The molecule has 0 bridgehead atoms. The van der Waals surface area contributed by atoms with Crippen LogP contribution in [0.25, 0.3) is 50.2 Å². The van der Waals surface area contributed by atoms with Crippen molar-refractivity contribution in [3.05, 3.63) is 160 Å². The van der Waals surface area contributed by atoms with Crippen LogP contribution in [0.2, 0.25) is 0 Å². The maximum Gasteiger partial charge on any atom is 0.258 e. The number of phenolic OH excluding ortho intramolecular Hbond substituents is 1. The van der Waals surface area contributed by atoms with Crippen molar-refractivity contribution < 1.29 is 28.9 Å². The van der Waals surface area contributed by atoms with Crippen LogP contribution in [-0.4, -0.2) is 68.3 Å². The number of carbonyl (C=O) groups excluding carboxylic acids is 1. The van der Waals surface area contributed by atoms with Gasteiger partial charge in [-0.15, -0.1) is 0 Å². The molecule has 1 aliphatic heterocycles. The summed E-state index contributed by atoms with van der Waals surface area (Å²) < 4.78 is 19.6. The van der Waals surface area contributed by atoms with Crippen molar-refractivity contribution in [2.24, 2.45) is 0 Å². The average molecular weight is 841 g/mol. The Morgan fingerprint density at radius 1 is 0.762 bits per heavy atom. The van der Waals surface area contributed by atoms with Crippen molar-refractivity contribution in [3.8, 4) is 45.8 Å². The first-order valence-electron chi connectivity index (χ1n) is 20.8. The molecule has 5 aromatic carbocycles. The van der Waals surface area contributed by atoms with Gasteiger partial charge in [0.15, 0.2) is 29.0 Å². The Balaban J connectivity index is 0.809. The van der Waals surface area contributed by atoms with E-state index in [-0.39, 0.29) is 42.7 Å². The molecule has 1 aliphatic carbocycles. The number of aromatic nitrogens is 4. The van der Waals surface area contributed by atoms with Crippen LogP contribution in [0.3, 0.4) is 0 Å². The molecule has 0 fully saturated rings. The molecule has 0 atom stereocenters. The second-order valence-electron chi connectivity index (χ2n) is 15.1. The van der Waals surface area contributed by atoms with E-state index in [0.717, 1.165) is 35.5 Å². The van der Waals surface area contributed by atoms with Crippen molar-refractivity contribution in [1.82, 2.24) is 24.7 Å². The number of hydrogen-bond acceptors (Lipinski definition) is 11. The lowest BCUT2D eigenvalue weighted by Crippen LogP contribution is -2.32. The molecule has 316 valence electrons. The van der Waals surface area contributed by atoms with E-state index < -0.39 is 0 Å². The van der Waals surface area contributed by atoms with Gasteiger partial charge in [-0.3, -0.25) is 14.0 Å². The van der Waals surface area contributed by atoms with Gasteiger partial charge in [-0.25, -0.2) is 15.0 Å². The predicted octanol–water partition coefficient (Wildman–Crippen LogP) is 8.17. The fraction of sp³-hybridized carbons (Fsp3) is 0.180. The smallest absolute Gasteiger partial charge is 0.258 e. The van der Waals surface area contributed by atoms with Gasteiger partial charge in [0, 0.05) is 66.3 Å². The van der Waals surface area contributed by atoms with Crippen LogP contribution in [0, 0.1) is 0 Å². The number of nitrogens with one attached hydrogen (secondary N) is 1. The Morgan fingerprint density at radius 2 is 1.51 bits per heavy atom. The van der Waals surface area contributed by atoms with E-state index in [0.29, 0.717) is 80.4 Å². The Hall–Kier alpha value is -7.93. The van der Waals surface area contributed by atoms with Crippen LogP contribution in [0.5, 0.6) is 23.1 Å². The van der Waals surface area contributed by atoms with E-state index in [1.165, 1.54) is 6.07 Å². The zero-order chi connectivity index (χ0) is 43.5. The molecule has 3 N–H and O–H groups in total. The third-order valence-electron chi connectivity index (χ3n) is 11.0. The van der Waals surface area contributed by atoms with Crippen molar-refractivity contribution in [2.75, 3.05) is 37.7 Å². The first kappa shape index (κ1) is 40.5. The van der Waals surface area contributed by atoms with Gasteiger partial charge in [0.05, 0.1) is 17.9 Å². The zero-order valence-electron chi connectivity index (χ0n) is 34.7. The lowest BCUT2D eigenvalue weighted by atomic mass is 10.0. The van der Waals surface area contributed by atoms with Crippen LogP contribution >= 0.6 is 0 Å². The Morgan fingerprint density at radius 3 is 2.29 bits per heavy atom. The summed E-state index contributed by atoms with van der Waals surface area (Å²) in [5, 5.41) is 25.1. The number of hydrogen-bond donors (Lipinski definition) is 3. The highest BCUT2D eigenvalue weighted by atomic mass is 16.5. The standard InChI is InChI=1S/C50H44N6O7/c1-3-55(4-2)34-14-21-40-45(26-34)63-46-28-44(58)38-20-19-37(27-39(38)48(46)53-40)62-30-47(59)51-22-23-61-36-17-10-32(11-18-36)25-42-50(60)56-29-43(33-12-15-35(57)16-13-33)52-41(49(56)54-42)24-31-8-6-5-7-9-31/h5-21,26-29,57,60H,3-4,22-25,30H2,1-2H3,(H,51,59). The summed E-state index contributed by atoms with van der Waals surface area (Å²) in [6.07, 6.45) is 2.65. The first-order valence-corrected chi connectivity index (χ1v) is 20.8. The number of aromatic hydroxyl groups is 2. The van der Waals surface area contributed by atoms with Crippen LogP contribution in [-0.2, 0) is 17.6 Å². The zero-order valence-corrected chi connectivity index (χ0v) is 34.7. The number of rotatable bonds is 15. The predicted molar refractivity (Wildman–Crippen MR) is 242 cm³/mol. The van der Waals surface area contributed by atoms with Crippen LogP contribution < -0.4 is 25.1 Å². The molecule has 63 heavy (non-hydrogen) atoms. The highest BCUT2D eigenvalue weighted by Gasteiger charge is 2.20. The minimum absolute atomic E-state index is 0.0266. The molecule has 0 saturated heterocycles. The number of phenols is 1. The SMILES string of the molecule is CCN(CC)c1ccc2nc3c4cc(OCC(=O)NCCOc5ccc(Cc6nc7c(Cc8ccccc8)nc(-c8ccc(O)cc8)cn7c6O)cc5)ccc4c(=O)cc-3oc2c1. The number of amides is 1. The van der Waals surface area contributed by atoms with E-state index in [1.54, 1.807) is 53.1 Å². The molecule has 7 aromatic rings. The van der Waals surface area contributed by atoms with Crippen LogP contribution in [0.15, 0.2) is 137 Å². The van der Waals surface area contributed by atoms with E-state index in [4.69, 9.17) is 28.8 Å². The van der Waals surface area contributed by atoms with Gasteiger partial charge in [-0.1, -0.05) is 42.5 Å². The fourth-order valence-electron chi connectivity index (χ4n) is 7.71. The van der Waals surface area contributed by atoms with Crippen molar-refractivity contribution in [3.63, 3.8) is 0 Å². The average Bonchev–Trinajstić information content (AvgIpc) is 3.62. The Labute approximate surface area is 362 Å². The van der Waals surface area contributed by atoms with E-state index >= 15 is 0 Å². The van der Waals surface area contributed by atoms with Gasteiger partial charge in [-0.05, 0) is 91.7 Å². The molecule has 0 unspecified atom stereocenters. The molecule has 9 rings (SSSR count). The van der Waals surface area contributed by atoms with Gasteiger partial charge >= 0.3 is 0 Å². The third-order valence-corrected chi connectivity index (χ3v) is 11.0. The molecule has 1 amide bonds. The number of anilines is 1. The second-order valence-corrected chi connectivity index (χ2v) is 15.1. The second kappa shape index (κ2) is 17.6. The minimum Gasteiger partial charge on any atom is -0.508 e. The summed E-state index contributed by atoms with van der Waals surface area (Å²) in [5.74, 6) is 1.27. The topological polar surface area (TPSA) is 165 Å². The summed E-state index contributed by atoms with van der Waals surface area (Å²) in [6, 6.07) is 36.6. The lowest BCUT2D eigenvalue weighted by Gasteiger charge is -2.21. The summed E-state index contributed by atoms with van der Waals surface area (Å²) in [4.78, 5) is 42.6. The number of carbonyl (C=O) groups is 1. The number of ether oxygens (including phenoxy) is 2. The summed E-state index contributed by atoms with van der Waals surface area (Å²) in [5.41, 5.74) is 7.82. The van der Waals surface area contributed by atoms with Crippen molar-refractivity contribution in [2.45, 2.75) is 26.7 Å². The maximum atomic E-state index is 13.0. The molecule has 0 spiro atoms. The van der Waals surface area contributed by atoms with E-state index in [2.05, 4.69) is 24.1 Å². The van der Waals surface area contributed by atoms with Crippen LogP contribution in [0.1, 0.15) is 36.4 Å². The van der Waals surface area contributed by atoms with Crippen molar-refractivity contribution in [1.29, 1.82) is 0 Å². The molecule has 13 heteroatoms. The van der Waals surface area contributed by atoms with Crippen molar-refractivity contribution >= 4 is 39.1 Å². The largest absolute Gasteiger partial charge is 0.508 e. The monoisotopic (exact) mass is 840 g/mol. The molecular weight excluding hydrogens is 797 g/mol. The summed E-state index contributed by atoms with van der Waals surface area (Å²) >= 11 is 0. The molecule has 3 heterocycles. The number of nitrogens with zero attached hydrogens (tertiary/aromatic N) is 5.